The van der Waals surface area contributed by atoms with Crippen molar-refractivity contribution in [2.45, 2.75) is 12.3 Å². The number of carbonyl (C=O) groups is 2. The molecule has 0 bridgehead atoms. The molecule has 6 nitrogen and oxygen atoms in total. The molecular weight excluding hydrogens is 396 g/mol. The van der Waals surface area contributed by atoms with Crippen LogP contribution in [0.1, 0.15) is 39.4 Å². The van der Waals surface area contributed by atoms with Crippen LogP contribution in [0.3, 0.4) is 0 Å². The van der Waals surface area contributed by atoms with Crippen LogP contribution in [0.15, 0.2) is 66.4 Å². The Kier molecular flexibility index (Phi) is 4.47. The Labute approximate surface area is 178 Å². The maximum atomic E-state index is 13.0. The summed E-state index contributed by atoms with van der Waals surface area (Å²) in [4.78, 5) is 25.2. The molecule has 6 heteroatoms. The van der Waals surface area contributed by atoms with Crippen LogP contribution in [0.25, 0.3) is 6.08 Å². The number of carbonyl (C=O) groups excluding carboxylic acids is 2. The third-order valence-electron chi connectivity index (χ3n) is 5.48. The third kappa shape index (κ3) is 3.22. The van der Waals surface area contributed by atoms with Gasteiger partial charge in [-0.05, 0) is 41.5 Å². The summed E-state index contributed by atoms with van der Waals surface area (Å²) >= 11 is 0. The van der Waals surface area contributed by atoms with Gasteiger partial charge in [-0.2, -0.15) is 0 Å². The Hall–Kier alpha value is -4.06. The first kappa shape index (κ1) is 18.9. The fraction of sp³-hybridized carbons (Fsp3) is 0.120. The van der Waals surface area contributed by atoms with E-state index in [0.717, 1.165) is 5.56 Å². The number of benzene rings is 3. The number of methoxy groups -OCH3 is 1. The van der Waals surface area contributed by atoms with E-state index in [0.29, 0.717) is 33.9 Å². The number of phenols is 1. The molecule has 0 aromatic heterocycles. The van der Waals surface area contributed by atoms with Gasteiger partial charge in [0, 0.05) is 11.5 Å². The molecule has 0 radical (unpaired) electrons. The number of Topliss-reactive ketones (excluding diaryl/α,β-unsaturated/α-hetero) is 1. The predicted molar refractivity (Wildman–Crippen MR) is 113 cm³/mol. The number of allylic oxidation sites excluding steroid dienone is 1. The monoisotopic (exact) mass is 414 g/mol. The van der Waals surface area contributed by atoms with E-state index in [1.807, 2.05) is 30.3 Å². The van der Waals surface area contributed by atoms with Gasteiger partial charge in [-0.25, -0.2) is 0 Å². The molecule has 31 heavy (non-hydrogen) atoms. The number of hydrogen-bond acceptors (Lipinski definition) is 6. The average Bonchev–Trinajstić information content (AvgIpc) is 3.09. The van der Waals surface area contributed by atoms with Crippen LogP contribution >= 0.6 is 0 Å². The van der Waals surface area contributed by atoms with Crippen LogP contribution in [-0.2, 0) is 4.79 Å². The lowest BCUT2D eigenvalue weighted by molar-refractivity contribution is -0.135. The maximum Gasteiger partial charge on any atom is 0.312 e. The third-order valence-corrected chi connectivity index (χ3v) is 5.48. The second kappa shape index (κ2) is 7.32. The van der Waals surface area contributed by atoms with Crippen molar-refractivity contribution in [1.82, 2.24) is 0 Å². The molecule has 0 fully saturated rings. The molecule has 0 amide bonds. The van der Waals surface area contributed by atoms with Crippen molar-refractivity contribution in [2.75, 3.05) is 7.11 Å². The van der Waals surface area contributed by atoms with E-state index in [2.05, 4.69) is 0 Å². The number of hydrogen-bond donors (Lipinski definition) is 1. The molecule has 0 saturated heterocycles. The highest BCUT2D eigenvalue weighted by Gasteiger charge is 2.38. The Balaban J connectivity index is 1.62. The largest absolute Gasteiger partial charge is 0.504 e. The molecule has 2 aliphatic heterocycles. The number of fused-ring (bicyclic) bond motifs is 3. The Morgan fingerprint density at radius 2 is 1.84 bits per heavy atom. The molecule has 0 spiro atoms. The van der Waals surface area contributed by atoms with Gasteiger partial charge in [0.1, 0.15) is 11.5 Å². The number of esters is 1. The molecule has 3 aromatic carbocycles. The number of ketones is 1. The molecule has 0 aliphatic carbocycles. The minimum absolute atomic E-state index is 0.0327. The summed E-state index contributed by atoms with van der Waals surface area (Å²) in [6.45, 7) is 0. The molecule has 5 rings (SSSR count). The fourth-order valence-electron chi connectivity index (χ4n) is 4.02. The van der Waals surface area contributed by atoms with Crippen molar-refractivity contribution in [3.8, 4) is 23.0 Å². The minimum Gasteiger partial charge on any atom is -0.504 e. The zero-order chi connectivity index (χ0) is 21.5. The molecule has 1 atom stereocenters. The van der Waals surface area contributed by atoms with E-state index in [4.69, 9.17) is 14.2 Å². The van der Waals surface area contributed by atoms with Gasteiger partial charge >= 0.3 is 5.97 Å². The highest BCUT2D eigenvalue weighted by molar-refractivity contribution is 6.15. The van der Waals surface area contributed by atoms with Crippen LogP contribution in [0, 0.1) is 0 Å². The molecule has 154 valence electrons. The Morgan fingerprint density at radius 1 is 1.03 bits per heavy atom. The first-order valence-electron chi connectivity index (χ1n) is 9.79. The topological polar surface area (TPSA) is 82.1 Å². The lowest BCUT2D eigenvalue weighted by Crippen LogP contribution is -2.21. The minimum atomic E-state index is -0.438. The lowest BCUT2D eigenvalue weighted by atomic mass is 9.84. The van der Waals surface area contributed by atoms with Crippen molar-refractivity contribution in [3.63, 3.8) is 0 Å². The molecule has 3 aromatic rings. The summed E-state index contributed by atoms with van der Waals surface area (Å²) in [5, 5.41) is 10.2. The summed E-state index contributed by atoms with van der Waals surface area (Å²) in [6, 6.07) is 17.6. The SMILES string of the molecule is COc1ccc([C@H]2CC(=O)Oc3ccc4c(c32)O/C(=C\c2ccccc2)C4=O)cc1O. The maximum absolute atomic E-state index is 13.0. The highest BCUT2D eigenvalue weighted by atomic mass is 16.5. The van der Waals surface area contributed by atoms with E-state index >= 15 is 0 Å². The van der Waals surface area contributed by atoms with Gasteiger partial charge in [-0.3, -0.25) is 9.59 Å². The van der Waals surface area contributed by atoms with Gasteiger partial charge in [0.2, 0.25) is 5.78 Å². The molecule has 0 unspecified atom stereocenters. The number of aromatic hydroxyl groups is 1. The molecule has 0 saturated carbocycles. The zero-order valence-electron chi connectivity index (χ0n) is 16.6. The second-order valence-electron chi connectivity index (χ2n) is 7.37. The van der Waals surface area contributed by atoms with E-state index in [9.17, 15) is 14.7 Å². The first-order chi connectivity index (χ1) is 15.0. The Bertz CT molecular complexity index is 1240. The average molecular weight is 414 g/mol. The summed E-state index contributed by atoms with van der Waals surface area (Å²) in [5.41, 5.74) is 2.57. The van der Waals surface area contributed by atoms with Crippen LogP contribution in [0.2, 0.25) is 0 Å². The van der Waals surface area contributed by atoms with E-state index in [1.165, 1.54) is 7.11 Å². The van der Waals surface area contributed by atoms with Gasteiger partial charge in [-0.15, -0.1) is 0 Å². The molecule has 2 aliphatic rings. The summed E-state index contributed by atoms with van der Waals surface area (Å²) in [5.74, 6) is 0.193. The first-order valence-corrected chi connectivity index (χ1v) is 9.79. The zero-order valence-corrected chi connectivity index (χ0v) is 16.6. The van der Waals surface area contributed by atoms with E-state index in [1.54, 1.807) is 36.4 Å². The van der Waals surface area contributed by atoms with Gasteiger partial charge in [-0.1, -0.05) is 36.4 Å². The summed E-state index contributed by atoms with van der Waals surface area (Å²) < 4.78 is 16.6. The Morgan fingerprint density at radius 3 is 2.58 bits per heavy atom. The fourth-order valence-corrected chi connectivity index (χ4v) is 4.02. The standard InChI is InChI=1S/C25H18O6/c1-29-19-9-7-15(12-18(19)26)17-13-22(27)30-20-10-8-16-24(28)21(31-25(16)23(17)20)11-14-5-3-2-4-6-14/h2-12,17,26H,13H2,1H3/b21-11-/t17-/m1/s1. The molecule has 2 heterocycles. The normalized spacial score (nSPS) is 18.2. The highest BCUT2D eigenvalue weighted by Crippen LogP contribution is 2.49. The van der Waals surface area contributed by atoms with E-state index in [-0.39, 0.29) is 23.7 Å². The van der Waals surface area contributed by atoms with Crippen molar-refractivity contribution in [3.05, 3.63) is 88.7 Å². The van der Waals surface area contributed by atoms with Crippen LogP contribution in [0.5, 0.6) is 23.0 Å². The van der Waals surface area contributed by atoms with Crippen molar-refractivity contribution in [2.24, 2.45) is 0 Å². The smallest absolute Gasteiger partial charge is 0.312 e. The number of phenolic OH excluding ortho intramolecular Hbond substituents is 1. The van der Waals surface area contributed by atoms with Crippen molar-refractivity contribution < 1.29 is 28.9 Å². The quantitative estimate of drug-likeness (QED) is 0.387. The molecule has 1 N–H and O–H groups in total. The molecular formula is C25H18O6. The van der Waals surface area contributed by atoms with E-state index < -0.39 is 11.9 Å². The number of rotatable bonds is 3. The van der Waals surface area contributed by atoms with Crippen LogP contribution < -0.4 is 14.2 Å². The van der Waals surface area contributed by atoms with Gasteiger partial charge < -0.3 is 19.3 Å². The van der Waals surface area contributed by atoms with Crippen molar-refractivity contribution >= 4 is 17.8 Å². The van der Waals surface area contributed by atoms with Crippen molar-refractivity contribution in [1.29, 1.82) is 0 Å². The lowest BCUT2D eigenvalue weighted by Gasteiger charge is -2.26. The predicted octanol–water partition coefficient (Wildman–Crippen LogP) is 4.46. The van der Waals surface area contributed by atoms with Crippen LogP contribution in [0.4, 0.5) is 0 Å². The summed E-state index contributed by atoms with van der Waals surface area (Å²) in [6.07, 6.45) is 1.75. The number of ether oxygens (including phenoxy) is 3. The van der Waals surface area contributed by atoms with Gasteiger partial charge in [0.05, 0.1) is 19.1 Å². The van der Waals surface area contributed by atoms with Gasteiger partial charge in [0.25, 0.3) is 0 Å². The summed E-state index contributed by atoms with van der Waals surface area (Å²) in [7, 11) is 1.47. The second-order valence-corrected chi connectivity index (χ2v) is 7.37. The van der Waals surface area contributed by atoms with Gasteiger partial charge in [0.15, 0.2) is 17.3 Å². The van der Waals surface area contributed by atoms with Crippen LogP contribution in [-0.4, -0.2) is 24.0 Å².